The fraction of sp³-hybridized carbons (Fsp3) is 0.455. The van der Waals surface area contributed by atoms with Crippen molar-refractivity contribution in [2.45, 2.75) is 13.5 Å². The molecule has 1 aromatic rings. The maximum Gasteiger partial charge on any atom is 0.312 e. The molecule has 6 heteroatoms. The number of amides is 2. The number of carbonyl (C=O) groups is 2. The van der Waals surface area contributed by atoms with Crippen LogP contribution in [0.4, 0.5) is 0 Å². The summed E-state index contributed by atoms with van der Waals surface area (Å²) in [6.45, 7) is 3.14. The van der Waals surface area contributed by atoms with Gasteiger partial charge in [-0.3, -0.25) is 9.59 Å². The quantitative estimate of drug-likeness (QED) is 0.691. The van der Waals surface area contributed by atoms with Crippen molar-refractivity contribution >= 4 is 11.8 Å². The summed E-state index contributed by atoms with van der Waals surface area (Å²) in [6, 6.07) is 3.50. The van der Waals surface area contributed by atoms with Gasteiger partial charge in [-0.25, -0.2) is 0 Å². The molecule has 0 atom stereocenters. The highest BCUT2D eigenvalue weighted by Gasteiger charge is 2.20. The Balaban J connectivity index is 2.54. The van der Waals surface area contributed by atoms with E-state index in [1.165, 1.54) is 11.2 Å². The van der Waals surface area contributed by atoms with Gasteiger partial charge < -0.3 is 20.4 Å². The standard InChI is InChI=1S/C11H17N3O3/c1-2-14(8-9-4-3-7-17-9)11(16)10(15)13-6-5-12/h3-4,7H,2,5-6,8,12H2,1H3,(H,13,15). The maximum atomic E-state index is 11.7. The number of hydrogen-bond donors (Lipinski definition) is 2. The lowest BCUT2D eigenvalue weighted by molar-refractivity contribution is -0.146. The van der Waals surface area contributed by atoms with Gasteiger partial charge in [0.1, 0.15) is 5.76 Å². The van der Waals surface area contributed by atoms with Crippen LogP contribution in [0.15, 0.2) is 22.8 Å². The van der Waals surface area contributed by atoms with Gasteiger partial charge in [-0.2, -0.15) is 0 Å². The summed E-state index contributed by atoms with van der Waals surface area (Å²) >= 11 is 0. The highest BCUT2D eigenvalue weighted by Crippen LogP contribution is 2.05. The molecule has 0 saturated heterocycles. The summed E-state index contributed by atoms with van der Waals surface area (Å²) in [4.78, 5) is 24.6. The lowest BCUT2D eigenvalue weighted by Gasteiger charge is -2.18. The van der Waals surface area contributed by atoms with Crippen LogP contribution < -0.4 is 11.1 Å². The Morgan fingerprint density at radius 1 is 1.53 bits per heavy atom. The molecule has 0 aromatic carbocycles. The number of rotatable bonds is 5. The Labute approximate surface area is 99.8 Å². The van der Waals surface area contributed by atoms with Crippen molar-refractivity contribution in [3.05, 3.63) is 24.2 Å². The molecular formula is C11H17N3O3. The Morgan fingerprint density at radius 3 is 2.82 bits per heavy atom. The summed E-state index contributed by atoms with van der Waals surface area (Å²) in [6.07, 6.45) is 1.53. The second-order valence-corrected chi connectivity index (χ2v) is 3.44. The molecule has 1 aromatic heterocycles. The van der Waals surface area contributed by atoms with Crippen LogP contribution in [0.3, 0.4) is 0 Å². The van der Waals surface area contributed by atoms with E-state index in [1.54, 1.807) is 19.1 Å². The van der Waals surface area contributed by atoms with E-state index >= 15 is 0 Å². The highest BCUT2D eigenvalue weighted by molar-refractivity contribution is 6.34. The molecule has 0 saturated carbocycles. The first kappa shape index (κ1) is 13.2. The smallest absolute Gasteiger partial charge is 0.312 e. The second kappa shape index (κ2) is 6.70. The van der Waals surface area contributed by atoms with E-state index in [9.17, 15) is 9.59 Å². The van der Waals surface area contributed by atoms with E-state index in [4.69, 9.17) is 10.2 Å². The first-order valence-electron chi connectivity index (χ1n) is 5.48. The van der Waals surface area contributed by atoms with E-state index in [-0.39, 0.29) is 0 Å². The molecule has 0 radical (unpaired) electrons. The van der Waals surface area contributed by atoms with Crippen molar-refractivity contribution in [3.63, 3.8) is 0 Å². The fourth-order valence-electron chi connectivity index (χ4n) is 1.32. The molecule has 0 unspecified atom stereocenters. The lowest BCUT2D eigenvalue weighted by atomic mass is 10.3. The topological polar surface area (TPSA) is 88.6 Å². The lowest BCUT2D eigenvalue weighted by Crippen LogP contribution is -2.43. The first-order valence-corrected chi connectivity index (χ1v) is 5.48. The van der Waals surface area contributed by atoms with Crippen molar-refractivity contribution in [1.29, 1.82) is 0 Å². The zero-order valence-corrected chi connectivity index (χ0v) is 9.81. The Hall–Kier alpha value is -1.82. The SMILES string of the molecule is CCN(Cc1ccco1)C(=O)C(=O)NCCN. The molecule has 1 rings (SSSR count). The van der Waals surface area contributed by atoms with Gasteiger partial charge in [0.2, 0.25) is 0 Å². The molecule has 6 nitrogen and oxygen atoms in total. The first-order chi connectivity index (χ1) is 8.19. The third-order valence-corrected chi connectivity index (χ3v) is 2.22. The molecule has 3 N–H and O–H groups in total. The molecule has 2 amide bonds. The van der Waals surface area contributed by atoms with Crippen LogP contribution in [-0.2, 0) is 16.1 Å². The third kappa shape index (κ3) is 3.92. The van der Waals surface area contributed by atoms with Crippen LogP contribution >= 0.6 is 0 Å². The number of furan rings is 1. The van der Waals surface area contributed by atoms with Crippen LogP contribution in [0.5, 0.6) is 0 Å². The molecule has 0 aliphatic carbocycles. The molecule has 0 spiro atoms. The zero-order chi connectivity index (χ0) is 12.7. The molecular weight excluding hydrogens is 222 g/mol. The minimum Gasteiger partial charge on any atom is -0.467 e. The van der Waals surface area contributed by atoms with Gasteiger partial charge in [0, 0.05) is 19.6 Å². The van der Waals surface area contributed by atoms with Crippen LogP contribution in [0.1, 0.15) is 12.7 Å². The third-order valence-electron chi connectivity index (χ3n) is 2.22. The number of nitrogens with one attached hydrogen (secondary N) is 1. The van der Waals surface area contributed by atoms with E-state index < -0.39 is 11.8 Å². The summed E-state index contributed by atoms with van der Waals surface area (Å²) < 4.78 is 5.13. The van der Waals surface area contributed by atoms with Gasteiger partial charge in [-0.05, 0) is 19.1 Å². The summed E-state index contributed by atoms with van der Waals surface area (Å²) in [7, 11) is 0. The fourth-order valence-corrected chi connectivity index (χ4v) is 1.32. The van der Waals surface area contributed by atoms with Gasteiger partial charge in [0.05, 0.1) is 12.8 Å². The predicted molar refractivity (Wildman–Crippen MR) is 61.9 cm³/mol. The molecule has 0 bridgehead atoms. The van der Waals surface area contributed by atoms with Crippen LogP contribution in [-0.4, -0.2) is 36.3 Å². The van der Waals surface area contributed by atoms with Gasteiger partial charge in [-0.1, -0.05) is 0 Å². The highest BCUT2D eigenvalue weighted by atomic mass is 16.3. The maximum absolute atomic E-state index is 11.7. The van der Waals surface area contributed by atoms with Crippen molar-refractivity contribution < 1.29 is 14.0 Å². The molecule has 0 aliphatic heterocycles. The van der Waals surface area contributed by atoms with Gasteiger partial charge >= 0.3 is 11.8 Å². The molecule has 0 fully saturated rings. The van der Waals surface area contributed by atoms with E-state index in [1.807, 2.05) is 0 Å². The van der Waals surface area contributed by atoms with Crippen molar-refractivity contribution in [2.75, 3.05) is 19.6 Å². The van der Waals surface area contributed by atoms with E-state index in [0.717, 1.165) is 0 Å². The average Bonchev–Trinajstić information content (AvgIpc) is 2.84. The molecule has 0 aliphatic rings. The van der Waals surface area contributed by atoms with Crippen molar-refractivity contribution in [3.8, 4) is 0 Å². The van der Waals surface area contributed by atoms with Crippen LogP contribution in [0, 0.1) is 0 Å². The zero-order valence-electron chi connectivity index (χ0n) is 9.81. The number of likely N-dealkylation sites (N-methyl/N-ethyl adjacent to an activating group) is 1. The normalized spacial score (nSPS) is 10.0. The Kier molecular flexibility index (Phi) is 5.22. The summed E-state index contributed by atoms with van der Waals surface area (Å²) in [5, 5.41) is 2.44. The molecule has 94 valence electrons. The average molecular weight is 239 g/mol. The largest absolute Gasteiger partial charge is 0.467 e. The Morgan fingerprint density at radius 2 is 2.29 bits per heavy atom. The number of carbonyl (C=O) groups excluding carboxylic acids is 2. The van der Waals surface area contributed by atoms with Crippen molar-refractivity contribution in [2.24, 2.45) is 5.73 Å². The monoisotopic (exact) mass is 239 g/mol. The number of nitrogens with zero attached hydrogens (tertiary/aromatic N) is 1. The minimum absolute atomic E-state index is 0.290. The van der Waals surface area contributed by atoms with E-state index in [0.29, 0.717) is 31.9 Å². The molecule has 17 heavy (non-hydrogen) atoms. The van der Waals surface area contributed by atoms with Gasteiger partial charge in [0.15, 0.2) is 0 Å². The predicted octanol–water partition coefficient (Wildman–Crippen LogP) is -0.297. The van der Waals surface area contributed by atoms with E-state index in [2.05, 4.69) is 5.32 Å². The molecule has 1 heterocycles. The number of hydrogen-bond acceptors (Lipinski definition) is 4. The minimum atomic E-state index is -0.635. The van der Waals surface area contributed by atoms with Crippen molar-refractivity contribution in [1.82, 2.24) is 10.2 Å². The van der Waals surface area contributed by atoms with Crippen LogP contribution in [0.25, 0.3) is 0 Å². The van der Waals surface area contributed by atoms with Crippen LogP contribution in [0.2, 0.25) is 0 Å². The Bertz CT molecular complexity index is 362. The van der Waals surface area contributed by atoms with Gasteiger partial charge in [0.25, 0.3) is 0 Å². The van der Waals surface area contributed by atoms with Gasteiger partial charge in [-0.15, -0.1) is 0 Å². The second-order valence-electron chi connectivity index (χ2n) is 3.44. The summed E-state index contributed by atoms with van der Waals surface area (Å²) in [5.41, 5.74) is 5.24. The summed E-state index contributed by atoms with van der Waals surface area (Å²) in [5.74, 6) is -0.562. The number of nitrogens with two attached hydrogens (primary N) is 1.